The summed E-state index contributed by atoms with van der Waals surface area (Å²) in [5.41, 5.74) is 0.702. The first-order chi connectivity index (χ1) is 11.3. The fourth-order valence-electron chi connectivity index (χ4n) is 3.19. The Kier molecular flexibility index (Phi) is 4.62. The van der Waals surface area contributed by atoms with Crippen LogP contribution in [-0.4, -0.2) is 30.6 Å². The van der Waals surface area contributed by atoms with E-state index in [2.05, 4.69) is 10.6 Å². The smallest absolute Gasteiger partial charge is 0.408 e. The predicted molar refractivity (Wildman–Crippen MR) is 82.9 cm³/mol. The zero-order valence-corrected chi connectivity index (χ0v) is 13.5. The standard InChI is InChI=1S/C16H17ClF2N2O3/c17-11-3-1-9(2-4-11)13(10-5-6-16(18,19)7-10)21-14(22)12-8-20-15(23)24-12/h1-4,10,12-13H,5-8H2,(H,20,23)(H,21,22)/t10-,12+,13+/m1/s1. The molecule has 2 fully saturated rings. The minimum atomic E-state index is -2.72. The Balaban J connectivity index is 1.78. The highest BCUT2D eigenvalue weighted by molar-refractivity contribution is 6.30. The second kappa shape index (κ2) is 6.55. The number of carbonyl (C=O) groups is 2. The molecule has 0 bridgehead atoms. The van der Waals surface area contributed by atoms with Crippen LogP contribution in [0, 0.1) is 5.92 Å². The Morgan fingerprint density at radius 1 is 1.38 bits per heavy atom. The van der Waals surface area contributed by atoms with Crippen LogP contribution in [0.2, 0.25) is 5.02 Å². The summed E-state index contributed by atoms with van der Waals surface area (Å²) in [6, 6.07) is 6.15. The number of benzene rings is 1. The van der Waals surface area contributed by atoms with Crippen LogP contribution in [0.1, 0.15) is 30.9 Å². The second-order valence-corrected chi connectivity index (χ2v) is 6.61. The maximum absolute atomic E-state index is 13.6. The van der Waals surface area contributed by atoms with Crippen molar-refractivity contribution in [2.24, 2.45) is 5.92 Å². The second-order valence-electron chi connectivity index (χ2n) is 6.17. The van der Waals surface area contributed by atoms with Crippen LogP contribution >= 0.6 is 11.6 Å². The molecule has 1 aliphatic heterocycles. The van der Waals surface area contributed by atoms with Crippen LogP contribution in [0.4, 0.5) is 13.6 Å². The highest BCUT2D eigenvalue weighted by Gasteiger charge is 2.44. The number of hydrogen-bond acceptors (Lipinski definition) is 3. The largest absolute Gasteiger partial charge is 0.434 e. The Morgan fingerprint density at radius 3 is 2.62 bits per heavy atom. The summed E-state index contributed by atoms with van der Waals surface area (Å²) in [5.74, 6) is -3.61. The maximum Gasteiger partial charge on any atom is 0.408 e. The SMILES string of the molecule is O=C1NC[C@@H](C(=O)N[C@@H](c2ccc(Cl)cc2)[C@@H]2CCC(F)(F)C2)O1. The lowest BCUT2D eigenvalue weighted by Gasteiger charge is -2.26. The number of halogens is 3. The highest BCUT2D eigenvalue weighted by atomic mass is 35.5. The Bertz CT molecular complexity index is 639. The monoisotopic (exact) mass is 358 g/mol. The van der Waals surface area contributed by atoms with E-state index in [-0.39, 0.29) is 19.4 Å². The molecule has 2 amide bonds. The van der Waals surface area contributed by atoms with Crippen LogP contribution in [0.15, 0.2) is 24.3 Å². The fraction of sp³-hybridized carbons (Fsp3) is 0.500. The van der Waals surface area contributed by atoms with Gasteiger partial charge >= 0.3 is 6.09 Å². The van der Waals surface area contributed by atoms with Gasteiger partial charge in [0.1, 0.15) is 0 Å². The number of alkyl halides is 2. The number of hydrogen-bond donors (Lipinski definition) is 2. The summed E-state index contributed by atoms with van der Waals surface area (Å²) in [5, 5.41) is 5.68. The first-order valence-electron chi connectivity index (χ1n) is 7.72. The Hall–Kier alpha value is -1.89. The van der Waals surface area contributed by atoms with Gasteiger partial charge in [-0.2, -0.15) is 0 Å². The third-order valence-corrected chi connectivity index (χ3v) is 4.67. The van der Waals surface area contributed by atoms with Gasteiger partial charge in [0, 0.05) is 17.9 Å². The van der Waals surface area contributed by atoms with Crippen molar-refractivity contribution in [2.45, 2.75) is 37.3 Å². The van der Waals surface area contributed by atoms with Gasteiger partial charge in [-0.1, -0.05) is 23.7 Å². The number of carbonyl (C=O) groups excluding carboxylic acids is 2. The molecule has 130 valence electrons. The molecule has 3 atom stereocenters. The molecule has 5 nitrogen and oxygen atoms in total. The van der Waals surface area contributed by atoms with Crippen molar-refractivity contribution in [1.82, 2.24) is 10.6 Å². The molecule has 8 heteroatoms. The zero-order valence-electron chi connectivity index (χ0n) is 12.7. The van der Waals surface area contributed by atoms with Crippen molar-refractivity contribution < 1.29 is 23.1 Å². The molecule has 24 heavy (non-hydrogen) atoms. The third kappa shape index (κ3) is 3.77. The molecule has 1 saturated carbocycles. The van der Waals surface area contributed by atoms with Gasteiger partial charge in [0.15, 0.2) is 6.10 Å². The molecule has 2 N–H and O–H groups in total. The summed E-state index contributed by atoms with van der Waals surface area (Å²) < 4.78 is 32.1. The molecule has 0 unspecified atom stereocenters. The molecule has 1 saturated heterocycles. The molecule has 1 heterocycles. The van der Waals surface area contributed by atoms with E-state index in [9.17, 15) is 18.4 Å². The normalized spacial score (nSPS) is 26.5. The molecular formula is C16H17ClF2N2O3. The van der Waals surface area contributed by atoms with E-state index in [0.29, 0.717) is 17.0 Å². The lowest BCUT2D eigenvalue weighted by atomic mass is 9.91. The topological polar surface area (TPSA) is 67.4 Å². The summed E-state index contributed by atoms with van der Waals surface area (Å²) in [7, 11) is 0. The van der Waals surface area contributed by atoms with E-state index in [1.165, 1.54) is 0 Å². The molecule has 0 spiro atoms. The molecule has 0 aromatic heterocycles. The molecule has 1 aliphatic carbocycles. The lowest BCUT2D eigenvalue weighted by Crippen LogP contribution is -2.41. The first kappa shape index (κ1) is 17.0. The summed E-state index contributed by atoms with van der Waals surface area (Å²) >= 11 is 5.87. The fourth-order valence-corrected chi connectivity index (χ4v) is 3.32. The van der Waals surface area contributed by atoms with E-state index in [1.807, 2.05) is 0 Å². The van der Waals surface area contributed by atoms with Gasteiger partial charge < -0.3 is 15.4 Å². The third-order valence-electron chi connectivity index (χ3n) is 4.41. The number of amides is 2. The van der Waals surface area contributed by atoms with Crippen LogP contribution in [0.3, 0.4) is 0 Å². The molecule has 3 rings (SSSR count). The van der Waals surface area contributed by atoms with Gasteiger partial charge in [0.25, 0.3) is 5.91 Å². The maximum atomic E-state index is 13.6. The van der Waals surface area contributed by atoms with Gasteiger partial charge in [-0.15, -0.1) is 0 Å². The number of alkyl carbamates (subject to hydrolysis) is 1. The quantitative estimate of drug-likeness (QED) is 0.869. The van der Waals surface area contributed by atoms with Gasteiger partial charge in [0.05, 0.1) is 12.6 Å². The van der Waals surface area contributed by atoms with Crippen molar-refractivity contribution in [3.05, 3.63) is 34.9 Å². The van der Waals surface area contributed by atoms with E-state index in [0.717, 1.165) is 0 Å². The van der Waals surface area contributed by atoms with Crippen LogP contribution in [0.25, 0.3) is 0 Å². The van der Waals surface area contributed by atoms with Crippen LogP contribution in [0.5, 0.6) is 0 Å². The first-order valence-corrected chi connectivity index (χ1v) is 8.10. The van der Waals surface area contributed by atoms with Crippen molar-refractivity contribution >= 4 is 23.6 Å². The average Bonchev–Trinajstić information content (AvgIpc) is 3.11. The van der Waals surface area contributed by atoms with E-state index >= 15 is 0 Å². The molecule has 2 aliphatic rings. The van der Waals surface area contributed by atoms with Gasteiger partial charge in [0.2, 0.25) is 5.92 Å². The number of nitrogens with one attached hydrogen (secondary N) is 2. The molecule has 1 aromatic rings. The molecule has 0 radical (unpaired) electrons. The highest BCUT2D eigenvalue weighted by Crippen LogP contribution is 2.44. The summed E-state index contributed by atoms with van der Waals surface area (Å²) in [6.45, 7) is 0.0683. The summed E-state index contributed by atoms with van der Waals surface area (Å²) in [4.78, 5) is 23.4. The minimum absolute atomic E-state index is 0.0683. The predicted octanol–water partition coefficient (Wildman–Crippen LogP) is 3.04. The van der Waals surface area contributed by atoms with Gasteiger partial charge in [-0.25, -0.2) is 13.6 Å². The van der Waals surface area contributed by atoms with Gasteiger partial charge in [-0.3, -0.25) is 4.79 Å². The summed E-state index contributed by atoms with van der Waals surface area (Å²) in [6.07, 6.45) is -1.79. The molecule has 1 aromatic carbocycles. The zero-order chi connectivity index (χ0) is 17.3. The van der Waals surface area contributed by atoms with Crippen molar-refractivity contribution in [3.63, 3.8) is 0 Å². The molecular weight excluding hydrogens is 342 g/mol. The Morgan fingerprint density at radius 2 is 2.08 bits per heavy atom. The number of cyclic esters (lactones) is 1. The van der Waals surface area contributed by atoms with E-state index in [4.69, 9.17) is 16.3 Å². The number of rotatable bonds is 4. The van der Waals surface area contributed by atoms with E-state index < -0.39 is 36.0 Å². The van der Waals surface area contributed by atoms with Crippen LogP contribution in [-0.2, 0) is 9.53 Å². The minimum Gasteiger partial charge on any atom is -0.434 e. The van der Waals surface area contributed by atoms with Crippen LogP contribution < -0.4 is 10.6 Å². The van der Waals surface area contributed by atoms with Gasteiger partial charge in [-0.05, 0) is 30.0 Å². The average molecular weight is 359 g/mol. The number of ether oxygens (including phenoxy) is 1. The van der Waals surface area contributed by atoms with Crippen molar-refractivity contribution in [3.8, 4) is 0 Å². The van der Waals surface area contributed by atoms with Crippen molar-refractivity contribution in [2.75, 3.05) is 6.54 Å². The van der Waals surface area contributed by atoms with Crippen molar-refractivity contribution in [1.29, 1.82) is 0 Å². The van der Waals surface area contributed by atoms with E-state index in [1.54, 1.807) is 24.3 Å². The Labute approximate surface area is 142 Å². The lowest BCUT2D eigenvalue weighted by molar-refractivity contribution is -0.129.